The molecule has 3 N–H and O–H groups in total. The molecule has 146 valence electrons. The fraction of sp³-hybridized carbons (Fsp3) is 0.250. The Morgan fingerprint density at radius 2 is 1.67 bits per heavy atom. The second-order valence-electron chi connectivity index (χ2n) is 6.18. The van der Waals surface area contributed by atoms with Gasteiger partial charge in [-0.2, -0.15) is 0 Å². The second-order valence-corrected chi connectivity index (χ2v) is 11.0. The van der Waals surface area contributed by atoms with E-state index in [1.807, 2.05) is 0 Å². The molecule has 2 atom stereocenters. The number of hydrogen-bond acceptors (Lipinski definition) is 6. The van der Waals surface area contributed by atoms with Crippen LogP contribution < -0.4 is 10.0 Å². The molecule has 0 spiro atoms. The van der Waals surface area contributed by atoms with Crippen LogP contribution in [-0.4, -0.2) is 45.6 Å². The molecule has 2 aromatic rings. The van der Waals surface area contributed by atoms with Crippen LogP contribution in [0.15, 0.2) is 47.4 Å². The van der Waals surface area contributed by atoms with Crippen LogP contribution in [0.25, 0.3) is 0 Å². The highest BCUT2D eigenvalue weighted by Crippen LogP contribution is 2.33. The third-order valence-electron chi connectivity index (χ3n) is 4.19. The molecule has 0 unspecified atom stereocenters. The van der Waals surface area contributed by atoms with Crippen molar-refractivity contribution in [3.05, 3.63) is 52.5 Å². The van der Waals surface area contributed by atoms with E-state index in [4.69, 9.17) is 28.9 Å². The Kier molecular flexibility index (Phi) is 5.35. The molecule has 27 heavy (non-hydrogen) atoms. The summed E-state index contributed by atoms with van der Waals surface area (Å²) >= 11 is 11.8. The molecule has 1 aliphatic rings. The number of hydrogen-bond donors (Lipinski definition) is 2. The van der Waals surface area contributed by atoms with E-state index in [2.05, 4.69) is 0 Å². The number of halogens is 2. The van der Waals surface area contributed by atoms with E-state index in [0.717, 1.165) is 4.31 Å². The smallest absolute Gasteiger partial charge is 0.264 e. The van der Waals surface area contributed by atoms with Crippen molar-refractivity contribution in [1.29, 1.82) is 0 Å². The van der Waals surface area contributed by atoms with Crippen LogP contribution in [-0.2, 0) is 19.9 Å². The maximum Gasteiger partial charge on any atom is 0.264 e. The zero-order valence-corrected chi connectivity index (χ0v) is 16.9. The van der Waals surface area contributed by atoms with Crippen LogP contribution in [0.2, 0.25) is 10.0 Å². The molecule has 1 heterocycles. The molecular weight excluding hydrogens is 435 g/mol. The zero-order chi connectivity index (χ0) is 20.0. The van der Waals surface area contributed by atoms with Gasteiger partial charge in [0.05, 0.1) is 44.3 Å². The zero-order valence-electron chi connectivity index (χ0n) is 13.8. The molecule has 11 heteroatoms. The number of nitrogens with two attached hydrogens (primary N) is 1. The number of rotatable bonds is 4. The van der Waals surface area contributed by atoms with Gasteiger partial charge < -0.3 is 10.8 Å². The molecule has 0 radical (unpaired) electrons. The number of anilines is 2. The third-order valence-corrected chi connectivity index (χ3v) is 8.48. The summed E-state index contributed by atoms with van der Waals surface area (Å²) in [6.45, 7) is 0. The van der Waals surface area contributed by atoms with E-state index < -0.39 is 43.5 Å². The highest BCUT2D eigenvalue weighted by molar-refractivity contribution is 7.93. The predicted octanol–water partition coefficient (Wildman–Crippen LogP) is 1.93. The van der Waals surface area contributed by atoms with Crippen LogP contribution >= 0.6 is 23.2 Å². The third kappa shape index (κ3) is 4.02. The Balaban J connectivity index is 2.17. The van der Waals surface area contributed by atoms with Gasteiger partial charge in [0.1, 0.15) is 0 Å². The van der Waals surface area contributed by atoms with E-state index in [9.17, 15) is 21.9 Å². The van der Waals surface area contributed by atoms with Crippen LogP contribution in [0.3, 0.4) is 0 Å². The Hall–Kier alpha value is -1.52. The minimum absolute atomic E-state index is 0.0367. The van der Waals surface area contributed by atoms with Crippen molar-refractivity contribution in [2.24, 2.45) is 0 Å². The average Bonchev–Trinajstić information content (AvgIpc) is 2.84. The number of aliphatic hydroxyl groups is 1. The highest BCUT2D eigenvalue weighted by atomic mass is 35.5. The SMILES string of the molecule is Nc1ccc(N([C@@H]2CS(=O)(=O)C[C@@H]2O)S(=O)(=O)c2ccc(Cl)c(Cl)c2)cc1. The molecule has 1 aliphatic heterocycles. The van der Waals surface area contributed by atoms with E-state index in [1.54, 1.807) is 0 Å². The van der Waals surface area contributed by atoms with Gasteiger partial charge in [-0.15, -0.1) is 0 Å². The van der Waals surface area contributed by atoms with E-state index >= 15 is 0 Å². The van der Waals surface area contributed by atoms with Crippen LogP contribution in [0, 0.1) is 0 Å². The normalized spacial score (nSPS) is 21.9. The molecule has 0 amide bonds. The number of sulfonamides is 1. The number of nitrogens with zero attached hydrogens (tertiary/aromatic N) is 1. The van der Waals surface area contributed by atoms with Gasteiger partial charge in [-0.1, -0.05) is 23.2 Å². The van der Waals surface area contributed by atoms with Crippen LogP contribution in [0.1, 0.15) is 0 Å². The van der Waals surface area contributed by atoms with E-state index in [1.165, 1.54) is 42.5 Å². The molecule has 3 rings (SSSR count). The van der Waals surface area contributed by atoms with Crippen molar-refractivity contribution < 1.29 is 21.9 Å². The number of sulfone groups is 1. The topological polar surface area (TPSA) is 118 Å². The predicted molar refractivity (Wildman–Crippen MR) is 105 cm³/mol. The van der Waals surface area contributed by atoms with Gasteiger partial charge in [0, 0.05) is 5.69 Å². The molecule has 0 saturated carbocycles. The molecule has 0 aliphatic carbocycles. The van der Waals surface area contributed by atoms with Gasteiger partial charge in [-0.3, -0.25) is 4.31 Å². The number of aliphatic hydroxyl groups excluding tert-OH is 1. The largest absolute Gasteiger partial charge is 0.399 e. The van der Waals surface area contributed by atoms with Crippen LogP contribution in [0.4, 0.5) is 11.4 Å². The number of nitrogen functional groups attached to an aromatic ring is 1. The molecule has 0 aromatic heterocycles. The van der Waals surface area contributed by atoms with Gasteiger partial charge in [0.25, 0.3) is 10.0 Å². The Morgan fingerprint density at radius 3 is 2.19 bits per heavy atom. The van der Waals surface area contributed by atoms with Crippen molar-refractivity contribution in [3.8, 4) is 0 Å². The summed E-state index contributed by atoms with van der Waals surface area (Å²) in [4.78, 5) is -0.176. The lowest BCUT2D eigenvalue weighted by atomic mass is 10.2. The molecular formula is C16H16Cl2N2O5S2. The summed E-state index contributed by atoms with van der Waals surface area (Å²) in [6.07, 6.45) is -1.37. The summed E-state index contributed by atoms with van der Waals surface area (Å²) in [6, 6.07) is 8.47. The average molecular weight is 451 g/mol. The lowest BCUT2D eigenvalue weighted by molar-refractivity contribution is 0.184. The summed E-state index contributed by atoms with van der Waals surface area (Å²) in [5, 5.41) is 10.5. The van der Waals surface area contributed by atoms with Crippen molar-refractivity contribution in [1.82, 2.24) is 0 Å². The first-order chi connectivity index (χ1) is 12.5. The summed E-state index contributed by atoms with van der Waals surface area (Å²) in [5.74, 6) is -1.01. The Bertz CT molecular complexity index is 1070. The molecule has 0 bridgehead atoms. The van der Waals surface area contributed by atoms with Crippen molar-refractivity contribution in [2.75, 3.05) is 21.5 Å². The fourth-order valence-electron chi connectivity index (χ4n) is 2.92. The van der Waals surface area contributed by atoms with Gasteiger partial charge >= 0.3 is 0 Å². The monoisotopic (exact) mass is 450 g/mol. The first kappa shape index (κ1) is 20.2. The minimum atomic E-state index is -4.25. The summed E-state index contributed by atoms with van der Waals surface area (Å²) < 4.78 is 51.5. The van der Waals surface area contributed by atoms with Crippen molar-refractivity contribution >= 4 is 54.4 Å². The first-order valence-corrected chi connectivity index (χ1v) is 11.8. The quantitative estimate of drug-likeness (QED) is 0.686. The lowest BCUT2D eigenvalue weighted by Crippen LogP contribution is -2.47. The minimum Gasteiger partial charge on any atom is -0.399 e. The van der Waals surface area contributed by atoms with Crippen LogP contribution in [0.5, 0.6) is 0 Å². The first-order valence-electron chi connectivity index (χ1n) is 7.75. The van der Waals surface area contributed by atoms with E-state index in [-0.39, 0.29) is 20.6 Å². The van der Waals surface area contributed by atoms with Gasteiger partial charge in [-0.25, -0.2) is 16.8 Å². The lowest BCUT2D eigenvalue weighted by Gasteiger charge is -2.31. The fourth-order valence-corrected chi connectivity index (χ4v) is 6.85. The highest BCUT2D eigenvalue weighted by Gasteiger charge is 2.45. The van der Waals surface area contributed by atoms with Gasteiger partial charge in [0.15, 0.2) is 9.84 Å². The maximum absolute atomic E-state index is 13.3. The molecule has 1 fully saturated rings. The van der Waals surface area contributed by atoms with E-state index in [0.29, 0.717) is 5.69 Å². The Labute approximate surface area is 167 Å². The standard InChI is InChI=1S/C16H16Cl2N2O5S2/c17-13-6-5-12(7-14(13)18)27(24,25)20(11-3-1-10(19)2-4-11)15-8-26(22,23)9-16(15)21/h1-7,15-16,21H,8-9,19H2/t15-,16+/m1/s1. The molecule has 7 nitrogen and oxygen atoms in total. The van der Waals surface area contributed by atoms with Gasteiger partial charge in [-0.05, 0) is 42.5 Å². The Morgan fingerprint density at radius 1 is 1.04 bits per heavy atom. The maximum atomic E-state index is 13.3. The van der Waals surface area contributed by atoms with Crippen molar-refractivity contribution in [3.63, 3.8) is 0 Å². The number of benzene rings is 2. The summed E-state index contributed by atoms with van der Waals surface area (Å²) in [5.41, 5.74) is 6.25. The molecule has 1 saturated heterocycles. The van der Waals surface area contributed by atoms with Gasteiger partial charge in [0.2, 0.25) is 0 Å². The summed E-state index contributed by atoms with van der Waals surface area (Å²) in [7, 11) is -7.84. The molecule has 2 aromatic carbocycles. The second kappa shape index (κ2) is 7.14. The van der Waals surface area contributed by atoms with Crippen molar-refractivity contribution in [2.45, 2.75) is 17.0 Å².